The van der Waals surface area contributed by atoms with Gasteiger partial charge >= 0.3 is 5.97 Å². The lowest BCUT2D eigenvalue weighted by Gasteiger charge is -2.66. The van der Waals surface area contributed by atoms with Crippen LogP contribution in [0.4, 0.5) is 0 Å². The van der Waals surface area contributed by atoms with Gasteiger partial charge in [-0.05, 0) is 31.4 Å². The number of aldehydes is 1. The molecule has 0 saturated heterocycles. The molecule has 5 N–H and O–H groups in total. The lowest BCUT2D eigenvalue weighted by atomic mass is 9.43. The van der Waals surface area contributed by atoms with Crippen molar-refractivity contribution in [1.29, 1.82) is 0 Å². The van der Waals surface area contributed by atoms with Crippen LogP contribution in [0.3, 0.4) is 0 Å². The Bertz CT molecular complexity index is 1100. The van der Waals surface area contributed by atoms with E-state index in [1.54, 1.807) is 13.8 Å². The summed E-state index contributed by atoms with van der Waals surface area (Å²) < 4.78 is 10.6. The molecular weight excluding hydrogens is 468 g/mol. The molecule has 0 amide bonds. The van der Waals surface area contributed by atoms with Crippen LogP contribution < -0.4 is 4.74 Å². The lowest BCUT2D eigenvalue weighted by molar-refractivity contribution is -0.273. The minimum atomic E-state index is -2.00. The average Bonchev–Trinajstić information content (AvgIpc) is 2.99. The molecule has 7 unspecified atom stereocenters. The number of phenols is 1. The third kappa shape index (κ3) is 2.94. The van der Waals surface area contributed by atoms with E-state index in [1.807, 2.05) is 0 Å². The molecule has 0 radical (unpaired) electrons. The van der Waals surface area contributed by atoms with Crippen LogP contribution in [-0.2, 0) is 9.53 Å². The van der Waals surface area contributed by atoms with Gasteiger partial charge in [0.05, 0.1) is 30.4 Å². The van der Waals surface area contributed by atoms with Crippen LogP contribution in [0.1, 0.15) is 42.6 Å². The number of esters is 1. The molecule has 0 aliphatic heterocycles. The Labute approximate surface area is 201 Å². The van der Waals surface area contributed by atoms with E-state index in [4.69, 9.17) is 21.1 Å². The van der Waals surface area contributed by atoms with Crippen molar-refractivity contribution in [3.05, 3.63) is 33.9 Å². The van der Waals surface area contributed by atoms with Crippen LogP contribution in [0.5, 0.6) is 11.5 Å². The Morgan fingerprint density at radius 2 is 1.97 bits per heavy atom. The number of hydrogen-bond donors (Lipinski definition) is 5. The first kappa shape index (κ1) is 24.9. The largest absolute Gasteiger partial charge is 0.507 e. The average molecular weight is 497 g/mol. The van der Waals surface area contributed by atoms with Crippen molar-refractivity contribution in [2.45, 2.75) is 57.0 Å². The summed E-state index contributed by atoms with van der Waals surface area (Å²) in [6, 6.07) is 1.17. The highest BCUT2D eigenvalue weighted by molar-refractivity contribution is 6.33. The Balaban J connectivity index is 1.72. The molecule has 7 atom stereocenters. The van der Waals surface area contributed by atoms with Gasteiger partial charge in [0.2, 0.25) is 0 Å². The number of benzene rings is 1. The molecular formula is C24H29ClO9. The monoisotopic (exact) mass is 496 g/mol. The molecule has 4 rings (SSSR count). The molecule has 9 nitrogen and oxygen atoms in total. The van der Waals surface area contributed by atoms with Crippen molar-refractivity contribution in [3.8, 4) is 11.5 Å². The predicted octanol–water partition coefficient (Wildman–Crippen LogP) is 1.28. The van der Waals surface area contributed by atoms with Crippen molar-refractivity contribution >= 4 is 23.9 Å². The number of rotatable bonds is 5. The maximum absolute atomic E-state index is 13.0. The van der Waals surface area contributed by atoms with Crippen molar-refractivity contribution < 1.29 is 44.6 Å². The molecule has 0 aromatic heterocycles. The van der Waals surface area contributed by atoms with E-state index in [2.05, 4.69) is 0 Å². The molecule has 2 saturated carbocycles. The maximum Gasteiger partial charge on any atom is 0.342 e. The second kappa shape index (κ2) is 7.66. The van der Waals surface area contributed by atoms with Crippen molar-refractivity contribution in [2.75, 3.05) is 13.7 Å². The van der Waals surface area contributed by atoms with Gasteiger partial charge < -0.3 is 35.0 Å². The molecule has 1 aromatic carbocycles. The van der Waals surface area contributed by atoms with Gasteiger partial charge in [0.15, 0.2) is 0 Å². The summed E-state index contributed by atoms with van der Waals surface area (Å²) in [4.78, 5) is 25.0. The van der Waals surface area contributed by atoms with Gasteiger partial charge in [-0.15, -0.1) is 0 Å². The van der Waals surface area contributed by atoms with Crippen LogP contribution >= 0.6 is 11.6 Å². The SMILES string of the molecule is COc1cc(O)c(C(=O)OC2CC3(C)C4C(O)C(C)(CO)CC4(O)C=C(C=O)C23O)c(C)c1Cl. The van der Waals surface area contributed by atoms with E-state index in [9.17, 15) is 35.1 Å². The summed E-state index contributed by atoms with van der Waals surface area (Å²) in [5, 5.41) is 54.5. The summed E-state index contributed by atoms with van der Waals surface area (Å²) in [6.45, 7) is 4.34. The van der Waals surface area contributed by atoms with E-state index >= 15 is 0 Å². The number of fused-ring (bicyclic) bond motifs is 3. The summed E-state index contributed by atoms with van der Waals surface area (Å²) in [7, 11) is 1.36. The van der Waals surface area contributed by atoms with Gasteiger partial charge in [-0.25, -0.2) is 4.79 Å². The van der Waals surface area contributed by atoms with Gasteiger partial charge in [-0.1, -0.05) is 25.4 Å². The number of halogens is 1. The second-order valence-corrected chi connectivity index (χ2v) is 10.7. The summed E-state index contributed by atoms with van der Waals surface area (Å²) in [5.74, 6) is -2.14. The minimum absolute atomic E-state index is 0.00673. The Kier molecular flexibility index (Phi) is 5.62. The fourth-order valence-electron chi connectivity index (χ4n) is 6.50. The Hall–Kier alpha value is -2.17. The molecule has 2 fully saturated rings. The van der Waals surface area contributed by atoms with Crippen LogP contribution in [0, 0.1) is 23.7 Å². The van der Waals surface area contributed by atoms with E-state index in [-0.39, 0.29) is 40.3 Å². The molecule has 186 valence electrons. The van der Waals surface area contributed by atoms with Crippen molar-refractivity contribution in [2.24, 2.45) is 16.7 Å². The molecule has 1 aromatic rings. The molecule has 3 aliphatic rings. The number of carbonyl (C=O) groups is 2. The fourth-order valence-corrected chi connectivity index (χ4v) is 6.73. The number of carbonyl (C=O) groups excluding carboxylic acids is 2. The highest BCUT2D eigenvalue weighted by atomic mass is 35.5. The first-order valence-corrected chi connectivity index (χ1v) is 11.3. The van der Waals surface area contributed by atoms with Crippen LogP contribution in [0.15, 0.2) is 17.7 Å². The predicted molar refractivity (Wildman–Crippen MR) is 120 cm³/mol. The Morgan fingerprint density at radius 3 is 2.53 bits per heavy atom. The zero-order valence-corrected chi connectivity index (χ0v) is 20.1. The third-order valence-electron chi connectivity index (χ3n) is 8.34. The maximum atomic E-state index is 13.0. The third-order valence-corrected chi connectivity index (χ3v) is 8.81. The quantitative estimate of drug-likeness (QED) is 0.299. The van der Waals surface area contributed by atoms with Gasteiger partial charge in [0.25, 0.3) is 0 Å². The normalized spacial score (nSPS) is 40.5. The number of aromatic hydroxyl groups is 1. The second-order valence-electron chi connectivity index (χ2n) is 10.3. The molecule has 10 heteroatoms. The minimum Gasteiger partial charge on any atom is -0.507 e. The zero-order chi connectivity index (χ0) is 25.4. The fraction of sp³-hybridized carbons (Fsp3) is 0.583. The standard InChI is InChI=1S/C24H29ClO9/c1-11-16(13(28)5-14(33-4)17(11)25)20(30)34-15-7-22(3)18-19(29)21(2,10-27)9-23(18,31)6-12(8-26)24(15,22)32/h5-6,8,15,18-19,27-29,31-32H,7,9-10H2,1-4H3. The number of phenolic OH excluding ortho intramolecular Hbond substituents is 1. The summed E-state index contributed by atoms with van der Waals surface area (Å²) >= 11 is 6.21. The van der Waals surface area contributed by atoms with Crippen LogP contribution in [-0.4, -0.2) is 74.9 Å². The highest BCUT2D eigenvalue weighted by Crippen LogP contribution is 2.69. The van der Waals surface area contributed by atoms with Crippen molar-refractivity contribution in [1.82, 2.24) is 0 Å². The lowest BCUT2D eigenvalue weighted by Crippen LogP contribution is -2.76. The topological polar surface area (TPSA) is 154 Å². The molecule has 0 bridgehead atoms. The van der Waals surface area contributed by atoms with E-state index in [1.165, 1.54) is 26.2 Å². The van der Waals surface area contributed by atoms with Crippen LogP contribution in [0.25, 0.3) is 0 Å². The first-order chi connectivity index (χ1) is 15.7. The number of aliphatic hydroxyl groups is 4. The van der Waals surface area contributed by atoms with Crippen molar-refractivity contribution in [3.63, 3.8) is 0 Å². The van der Waals surface area contributed by atoms with E-state index in [0.29, 0.717) is 6.29 Å². The number of aliphatic hydroxyl groups excluding tert-OH is 2. The first-order valence-electron chi connectivity index (χ1n) is 10.9. The molecule has 0 heterocycles. The molecule has 3 aliphatic carbocycles. The molecule has 0 spiro atoms. The van der Waals surface area contributed by atoms with Gasteiger partial charge in [-0.2, -0.15) is 0 Å². The zero-order valence-electron chi connectivity index (χ0n) is 19.3. The van der Waals surface area contributed by atoms with Crippen LogP contribution in [0.2, 0.25) is 5.02 Å². The highest BCUT2D eigenvalue weighted by Gasteiger charge is 2.78. The van der Waals surface area contributed by atoms with Gasteiger partial charge in [0.1, 0.15) is 35.1 Å². The van der Waals surface area contributed by atoms with E-state index in [0.717, 1.165) is 0 Å². The number of methoxy groups -OCH3 is 1. The summed E-state index contributed by atoms with van der Waals surface area (Å²) in [5.41, 5.74) is -6.08. The number of hydrogen-bond acceptors (Lipinski definition) is 9. The summed E-state index contributed by atoms with van der Waals surface area (Å²) in [6.07, 6.45) is -0.752. The smallest absolute Gasteiger partial charge is 0.342 e. The van der Waals surface area contributed by atoms with Gasteiger partial charge in [-0.3, -0.25) is 4.79 Å². The molecule has 34 heavy (non-hydrogen) atoms. The van der Waals surface area contributed by atoms with E-state index < -0.39 is 58.5 Å². The Morgan fingerprint density at radius 1 is 1.32 bits per heavy atom. The number of ether oxygens (including phenoxy) is 2. The van der Waals surface area contributed by atoms with Gasteiger partial charge in [0, 0.05) is 28.4 Å².